The van der Waals surface area contributed by atoms with Gasteiger partial charge in [-0.15, -0.1) is 0 Å². The fourth-order valence-corrected chi connectivity index (χ4v) is 4.20. The maximum atomic E-state index is 13.0. The van der Waals surface area contributed by atoms with Gasteiger partial charge in [-0.2, -0.15) is 5.10 Å². The number of carbonyl (C=O) groups excluding carboxylic acids is 1. The van der Waals surface area contributed by atoms with Crippen molar-refractivity contribution in [2.24, 2.45) is 0 Å². The first-order valence-electron chi connectivity index (χ1n) is 9.74. The Kier molecular flexibility index (Phi) is 4.64. The summed E-state index contributed by atoms with van der Waals surface area (Å²) in [6, 6.07) is 15.7. The Hall–Kier alpha value is -2.99. The predicted molar refractivity (Wildman–Crippen MR) is 112 cm³/mol. The largest absolute Gasteiger partial charge is 0.488 e. The fourth-order valence-electron chi connectivity index (χ4n) is 4.02. The van der Waals surface area contributed by atoms with E-state index in [4.69, 9.17) is 16.3 Å². The molecule has 1 aromatic heterocycles. The number of benzene rings is 2. The second-order valence-corrected chi connectivity index (χ2v) is 7.75. The molecule has 7 heteroatoms. The van der Waals surface area contributed by atoms with Gasteiger partial charge in [0.15, 0.2) is 0 Å². The number of para-hydroxylation sites is 1. The summed E-state index contributed by atoms with van der Waals surface area (Å²) in [5, 5.41) is 5.20. The number of anilines is 1. The van der Waals surface area contributed by atoms with E-state index in [2.05, 4.69) is 16.1 Å². The third-order valence-corrected chi connectivity index (χ3v) is 5.77. The summed E-state index contributed by atoms with van der Waals surface area (Å²) in [6.45, 7) is 3.68. The average molecular weight is 409 g/mol. The molecule has 0 spiro atoms. The monoisotopic (exact) mass is 408 g/mol. The van der Waals surface area contributed by atoms with Gasteiger partial charge in [-0.1, -0.05) is 29.8 Å². The first-order valence-corrected chi connectivity index (χ1v) is 10.1. The van der Waals surface area contributed by atoms with Crippen LogP contribution in [0.1, 0.15) is 5.56 Å². The van der Waals surface area contributed by atoms with E-state index < -0.39 is 0 Å². The van der Waals surface area contributed by atoms with Crippen molar-refractivity contribution in [1.29, 1.82) is 0 Å². The van der Waals surface area contributed by atoms with Crippen molar-refractivity contribution < 1.29 is 9.53 Å². The maximum Gasteiger partial charge on any atom is 0.244 e. The minimum atomic E-state index is 0.0885. The number of rotatable bonds is 3. The molecule has 0 bridgehead atoms. The predicted octanol–water partition coefficient (Wildman–Crippen LogP) is 3.44. The molecule has 0 saturated carbocycles. The number of halogens is 1. The molecule has 1 fully saturated rings. The standard InChI is InChI=1S/C22H21ClN4O2/c23-17-4-3-5-18(12-17)25-8-10-26(11-9-25)21(28)14-27-22-16(13-24-27)15-29-20-7-2-1-6-19(20)22/h1-7,12-13H,8-11,14-15H2. The molecule has 3 heterocycles. The van der Waals surface area contributed by atoms with E-state index in [-0.39, 0.29) is 12.5 Å². The van der Waals surface area contributed by atoms with Crippen LogP contribution >= 0.6 is 11.6 Å². The van der Waals surface area contributed by atoms with Gasteiger partial charge in [-0.25, -0.2) is 0 Å². The maximum absolute atomic E-state index is 13.0. The molecule has 5 rings (SSSR count). The molecule has 2 aliphatic heterocycles. The van der Waals surface area contributed by atoms with Crippen LogP contribution in [0.15, 0.2) is 54.7 Å². The van der Waals surface area contributed by atoms with Crippen LogP contribution < -0.4 is 9.64 Å². The molecule has 0 N–H and O–H groups in total. The number of amides is 1. The van der Waals surface area contributed by atoms with Gasteiger partial charge < -0.3 is 14.5 Å². The van der Waals surface area contributed by atoms with Crippen LogP contribution in [0.5, 0.6) is 5.75 Å². The normalized spacial score (nSPS) is 15.5. The highest BCUT2D eigenvalue weighted by Crippen LogP contribution is 2.37. The number of nitrogens with zero attached hydrogens (tertiary/aromatic N) is 4. The van der Waals surface area contributed by atoms with Gasteiger partial charge in [0.25, 0.3) is 0 Å². The lowest BCUT2D eigenvalue weighted by Crippen LogP contribution is -2.49. The molecule has 29 heavy (non-hydrogen) atoms. The molecule has 1 saturated heterocycles. The van der Waals surface area contributed by atoms with E-state index in [0.717, 1.165) is 46.4 Å². The zero-order valence-electron chi connectivity index (χ0n) is 15.9. The van der Waals surface area contributed by atoms with Gasteiger partial charge in [-0.3, -0.25) is 9.48 Å². The van der Waals surface area contributed by atoms with Gasteiger partial charge in [0.1, 0.15) is 18.9 Å². The molecule has 3 aromatic rings. The summed E-state index contributed by atoms with van der Waals surface area (Å²) >= 11 is 6.11. The number of ether oxygens (including phenoxy) is 1. The van der Waals surface area contributed by atoms with Gasteiger partial charge >= 0.3 is 0 Å². The average Bonchev–Trinajstić information content (AvgIpc) is 3.17. The fraction of sp³-hybridized carbons (Fsp3) is 0.273. The van der Waals surface area contributed by atoms with Crippen LogP contribution in [0, 0.1) is 0 Å². The Morgan fingerprint density at radius 2 is 1.90 bits per heavy atom. The second kappa shape index (κ2) is 7.44. The van der Waals surface area contributed by atoms with Crippen molar-refractivity contribution in [2.75, 3.05) is 31.1 Å². The Morgan fingerprint density at radius 1 is 1.07 bits per heavy atom. The molecule has 148 valence electrons. The molecule has 2 aliphatic rings. The van der Waals surface area contributed by atoms with E-state index in [1.807, 2.05) is 52.0 Å². The van der Waals surface area contributed by atoms with E-state index in [9.17, 15) is 4.79 Å². The molecule has 1 amide bonds. The molecule has 0 radical (unpaired) electrons. The van der Waals surface area contributed by atoms with Crippen LogP contribution in [0.4, 0.5) is 5.69 Å². The SMILES string of the molecule is O=C(Cn1ncc2c1-c1ccccc1OC2)N1CCN(c2cccc(Cl)c2)CC1. The molecule has 0 unspecified atom stereocenters. The lowest BCUT2D eigenvalue weighted by Gasteiger charge is -2.36. The first-order chi connectivity index (χ1) is 14.2. The van der Waals surface area contributed by atoms with Crippen LogP contribution in [-0.2, 0) is 17.9 Å². The van der Waals surface area contributed by atoms with Gasteiger partial charge in [0, 0.05) is 48.0 Å². The third-order valence-electron chi connectivity index (χ3n) is 5.53. The van der Waals surface area contributed by atoms with Crippen LogP contribution in [0.3, 0.4) is 0 Å². The van der Waals surface area contributed by atoms with Crippen molar-refractivity contribution >= 4 is 23.2 Å². The molecular weight excluding hydrogens is 388 g/mol. The van der Waals surface area contributed by atoms with E-state index in [1.54, 1.807) is 6.20 Å². The smallest absolute Gasteiger partial charge is 0.244 e. The van der Waals surface area contributed by atoms with Gasteiger partial charge in [-0.05, 0) is 30.3 Å². The summed E-state index contributed by atoms with van der Waals surface area (Å²) < 4.78 is 7.59. The minimum Gasteiger partial charge on any atom is -0.488 e. The summed E-state index contributed by atoms with van der Waals surface area (Å²) in [4.78, 5) is 17.1. The summed E-state index contributed by atoms with van der Waals surface area (Å²) in [5.41, 5.74) is 4.09. The molecule has 0 aliphatic carbocycles. The number of aromatic nitrogens is 2. The molecule has 2 aromatic carbocycles. The third kappa shape index (κ3) is 3.44. The molecular formula is C22H21ClN4O2. The number of hydrogen-bond donors (Lipinski definition) is 0. The summed E-state index contributed by atoms with van der Waals surface area (Å²) in [7, 11) is 0. The lowest BCUT2D eigenvalue weighted by molar-refractivity contribution is -0.132. The number of hydrogen-bond acceptors (Lipinski definition) is 4. The Bertz CT molecular complexity index is 1060. The highest BCUT2D eigenvalue weighted by molar-refractivity contribution is 6.30. The van der Waals surface area contributed by atoms with E-state index >= 15 is 0 Å². The minimum absolute atomic E-state index is 0.0885. The number of carbonyl (C=O) groups is 1. The van der Waals surface area contributed by atoms with Crippen molar-refractivity contribution in [3.05, 3.63) is 65.3 Å². The van der Waals surface area contributed by atoms with Crippen LogP contribution in [0.2, 0.25) is 5.02 Å². The summed E-state index contributed by atoms with van der Waals surface area (Å²) in [6.07, 6.45) is 1.80. The lowest BCUT2D eigenvalue weighted by atomic mass is 10.0. The topological polar surface area (TPSA) is 50.6 Å². The molecule has 0 atom stereocenters. The Balaban J connectivity index is 1.28. The van der Waals surface area contributed by atoms with Crippen molar-refractivity contribution in [1.82, 2.24) is 14.7 Å². The second-order valence-electron chi connectivity index (χ2n) is 7.31. The van der Waals surface area contributed by atoms with Crippen molar-refractivity contribution in [3.8, 4) is 17.0 Å². The van der Waals surface area contributed by atoms with Crippen LogP contribution in [0.25, 0.3) is 11.3 Å². The Morgan fingerprint density at radius 3 is 2.72 bits per heavy atom. The van der Waals surface area contributed by atoms with Crippen molar-refractivity contribution in [3.63, 3.8) is 0 Å². The number of fused-ring (bicyclic) bond motifs is 3. The van der Waals surface area contributed by atoms with Crippen molar-refractivity contribution in [2.45, 2.75) is 13.2 Å². The van der Waals surface area contributed by atoms with Crippen LogP contribution in [-0.4, -0.2) is 46.8 Å². The summed E-state index contributed by atoms with van der Waals surface area (Å²) in [5.74, 6) is 0.926. The zero-order valence-corrected chi connectivity index (χ0v) is 16.7. The first kappa shape index (κ1) is 18.1. The highest BCUT2D eigenvalue weighted by Gasteiger charge is 2.26. The quantitative estimate of drug-likeness (QED) is 0.666. The van der Waals surface area contributed by atoms with Gasteiger partial charge in [0.2, 0.25) is 5.91 Å². The zero-order chi connectivity index (χ0) is 19.8. The molecule has 6 nitrogen and oxygen atoms in total. The van der Waals surface area contributed by atoms with Gasteiger partial charge in [0.05, 0.1) is 11.9 Å². The van der Waals surface area contributed by atoms with E-state index in [1.165, 1.54) is 0 Å². The number of piperazine rings is 1. The highest BCUT2D eigenvalue weighted by atomic mass is 35.5. The van der Waals surface area contributed by atoms with E-state index in [0.29, 0.717) is 19.7 Å². The Labute approximate surface area is 174 Å².